The predicted octanol–water partition coefficient (Wildman–Crippen LogP) is 1.68. The van der Waals surface area contributed by atoms with Crippen molar-refractivity contribution in [3.8, 4) is 23.3 Å². The fourth-order valence-corrected chi connectivity index (χ4v) is 4.93. The van der Waals surface area contributed by atoms with Crippen LogP contribution in [0.25, 0.3) is 0 Å². The van der Waals surface area contributed by atoms with Gasteiger partial charge < -0.3 is 19.1 Å². The van der Waals surface area contributed by atoms with Crippen molar-refractivity contribution in [3.63, 3.8) is 0 Å². The molecule has 0 bridgehead atoms. The Morgan fingerprint density at radius 2 is 1.66 bits per heavy atom. The highest BCUT2D eigenvalue weighted by molar-refractivity contribution is 7.89. The first-order chi connectivity index (χ1) is 15.4. The standard InChI is InChI=1S/C22H25N3O6S/c1-29-19-7-8-20(30-2)21(15-19)32(27,28)25-13-11-24(12-14-25)22(26)16-31-18-5-3-17(4-6-18)9-10-23/h3-8,15H,9,11-14,16H2,1-2H3. The number of methoxy groups -OCH3 is 2. The number of rotatable bonds is 8. The second-order valence-corrected chi connectivity index (χ2v) is 8.98. The van der Waals surface area contributed by atoms with Gasteiger partial charge in [-0.15, -0.1) is 0 Å². The van der Waals surface area contributed by atoms with Crippen LogP contribution in [0, 0.1) is 11.3 Å². The molecule has 1 aliphatic rings. The molecule has 170 valence electrons. The van der Waals surface area contributed by atoms with Gasteiger partial charge in [0.2, 0.25) is 10.0 Å². The Labute approximate surface area is 187 Å². The van der Waals surface area contributed by atoms with E-state index in [0.717, 1.165) is 5.56 Å². The average molecular weight is 460 g/mol. The lowest BCUT2D eigenvalue weighted by molar-refractivity contribution is -0.134. The molecule has 0 atom stereocenters. The van der Waals surface area contributed by atoms with E-state index in [2.05, 4.69) is 6.07 Å². The Hall–Kier alpha value is -3.29. The number of carbonyl (C=O) groups excluding carboxylic acids is 1. The van der Waals surface area contributed by atoms with Crippen molar-refractivity contribution in [3.05, 3.63) is 48.0 Å². The van der Waals surface area contributed by atoms with Crippen LogP contribution in [0.3, 0.4) is 0 Å². The fraction of sp³-hybridized carbons (Fsp3) is 0.364. The Bertz CT molecular complexity index is 1090. The summed E-state index contributed by atoms with van der Waals surface area (Å²) in [5, 5.41) is 8.71. The predicted molar refractivity (Wildman–Crippen MR) is 116 cm³/mol. The third-order valence-electron chi connectivity index (χ3n) is 5.15. The summed E-state index contributed by atoms with van der Waals surface area (Å²) in [6, 6.07) is 13.7. The monoisotopic (exact) mass is 459 g/mol. The summed E-state index contributed by atoms with van der Waals surface area (Å²) in [7, 11) is -0.940. The molecule has 9 nitrogen and oxygen atoms in total. The first kappa shape index (κ1) is 23.4. The molecule has 0 aromatic heterocycles. The van der Waals surface area contributed by atoms with E-state index in [-0.39, 0.29) is 49.3 Å². The molecule has 0 saturated carbocycles. The number of carbonyl (C=O) groups is 1. The number of benzene rings is 2. The number of piperazine rings is 1. The molecule has 3 rings (SSSR count). The van der Waals surface area contributed by atoms with E-state index >= 15 is 0 Å². The van der Waals surface area contributed by atoms with Crippen molar-refractivity contribution in [2.24, 2.45) is 0 Å². The number of nitrogens with zero attached hydrogens (tertiary/aromatic N) is 3. The first-order valence-corrected chi connectivity index (χ1v) is 11.4. The molecule has 10 heteroatoms. The van der Waals surface area contributed by atoms with Gasteiger partial charge in [0.15, 0.2) is 6.61 Å². The van der Waals surface area contributed by atoms with Crippen molar-refractivity contribution in [1.82, 2.24) is 9.21 Å². The number of ether oxygens (including phenoxy) is 3. The smallest absolute Gasteiger partial charge is 0.260 e. The van der Waals surface area contributed by atoms with Gasteiger partial charge in [-0.05, 0) is 29.8 Å². The molecule has 1 saturated heterocycles. The van der Waals surface area contributed by atoms with Crippen LogP contribution in [-0.4, -0.2) is 70.5 Å². The number of hydrogen-bond donors (Lipinski definition) is 0. The van der Waals surface area contributed by atoms with Gasteiger partial charge in [0.25, 0.3) is 5.91 Å². The summed E-state index contributed by atoms with van der Waals surface area (Å²) in [5.41, 5.74) is 0.871. The summed E-state index contributed by atoms with van der Waals surface area (Å²) < 4.78 is 43.5. The molecule has 32 heavy (non-hydrogen) atoms. The van der Waals surface area contributed by atoms with Crippen molar-refractivity contribution in [2.75, 3.05) is 47.0 Å². The molecule has 1 aliphatic heterocycles. The number of amides is 1. The molecule has 0 unspecified atom stereocenters. The topological polar surface area (TPSA) is 109 Å². The van der Waals surface area contributed by atoms with E-state index in [0.29, 0.717) is 17.9 Å². The van der Waals surface area contributed by atoms with E-state index in [9.17, 15) is 13.2 Å². The van der Waals surface area contributed by atoms with Gasteiger partial charge in [0.1, 0.15) is 22.1 Å². The first-order valence-electron chi connectivity index (χ1n) is 9.97. The lowest BCUT2D eigenvalue weighted by atomic mass is 10.2. The second kappa shape index (κ2) is 10.3. The normalized spacial score (nSPS) is 14.5. The molecular weight excluding hydrogens is 434 g/mol. The van der Waals surface area contributed by atoms with Crippen molar-refractivity contribution < 1.29 is 27.4 Å². The maximum Gasteiger partial charge on any atom is 0.260 e. The van der Waals surface area contributed by atoms with E-state index in [4.69, 9.17) is 19.5 Å². The van der Waals surface area contributed by atoms with Crippen LogP contribution in [0.4, 0.5) is 0 Å². The highest BCUT2D eigenvalue weighted by Gasteiger charge is 2.32. The molecular formula is C22H25N3O6S. The molecule has 0 spiro atoms. The Morgan fingerprint density at radius 3 is 2.25 bits per heavy atom. The van der Waals surface area contributed by atoms with Gasteiger partial charge in [-0.25, -0.2) is 8.42 Å². The number of hydrogen-bond acceptors (Lipinski definition) is 7. The zero-order valence-electron chi connectivity index (χ0n) is 18.0. The van der Waals surface area contributed by atoms with Crippen LogP contribution in [-0.2, 0) is 21.2 Å². The molecule has 2 aromatic carbocycles. The maximum atomic E-state index is 13.1. The molecule has 0 N–H and O–H groups in total. The van der Waals surface area contributed by atoms with Gasteiger partial charge in [-0.1, -0.05) is 12.1 Å². The molecule has 1 fully saturated rings. The molecule has 1 heterocycles. The molecule has 0 radical (unpaired) electrons. The minimum Gasteiger partial charge on any atom is -0.497 e. The highest BCUT2D eigenvalue weighted by Crippen LogP contribution is 2.31. The summed E-state index contributed by atoms with van der Waals surface area (Å²) in [6.45, 7) is 0.701. The van der Waals surface area contributed by atoms with E-state index < -0.39 is 10.0 Å². The summed E-state index contributed by atoms with van der Waals surface area (Å²) in [4.78, 5) is 14.1. The van der Waals surface area contributed by atoms with Crippen LogP contribution >= 0.6 is 0 Å². The highest BCUT2D eigenvalue weighted by atomic mass is 32.2. The minimum absolute atomic E-state index is 0.0299. The largest absolute Gasteiger partial charge is 0.497 e. The third kappa shape index (κ3) is 5.30. The maximum absolute atomic E-state index is 13.1. The van der Waals surface area contributed by atoms with Crippen LogP contribution in [0.1, 0.15) is 5.56 Å². The van der Waals surface area contributed by atoms with Gasteiger partial charge in [0.05, 0.1) is 26.7 Å². The zero-order chi connectivity index (χ0) is 23.1. The second-order valence-electron chi connectivity index (χ2n) is 7.07. The van der Waals surface area contributed by atoms with E-state index in [1.807, 2.05) is 0 Å². The average Bonchev–Trinajstić information content (AvgIpc) is 2.83. The van der Waals surface area contributed by atoms with Gasteiger partial charge in [-0.2, -0.15) is 9.57 Å². The Morgan fingerprint density at radius 1 is 1.00 bits per heavy atom. The lowest BCUT2D eigenvalue weighted by Crippen LogP contribution is -2.51. The molecule has 0 aliphatic carbocycles. The van der Waals surface area contributed by atoms with Crippen molar-refractivity contribution in [1.29, 1.82) is 5.26 Å². The van der Waals surface area contributed by atoms with Crippen LogP contribution < -0.4 is 14.2 Å². The zero-order valence-corrected chi connectivity index (χ0v) is 18.8. The summed E-state index contributed by atoms with van der Waals surface area (Å²) >= 11 is 0. The van der Waals surface area contributed by atoms with Crippen LogP contribution in [0.5, 0.6) is 17.2 Å². The molecule has 1 amide bonds. The van der Waals surface area contributed by atoms with E-state index in [1.165, 1.54) is 24.6 Å². The lowest BCUT2D eigenvalue weighted by Gasteiger charge is -2.34. The minimum atomic E-state index is -3.81. The number of sulfonamides is 1. The fourth-order valence-electron chi connectivity index (χ4n) is 3.33. The van der Waals surface area contributed by atoms with Crippen LogP contribution in [0.2, 0.25) is 0 Å². The van der Waals surface area contributed by atoms with Gasteiger partial charge >= 0.3 is 0 Å². The SMILES string of the molecule is COc1ccc(OC)c(S(=O)(=O)N2CCN(C(=O)COc3ccc(CC#N)cc3)CC2)c1. The number of nitriles is 1. The summed E-state index contributed by atoms with van der Waals surface area (Å²) in [6.07, 6.45) is 0.314. The quantitative estimate of drug-likeness (QED) is 0.591. The van der Waals surface area contributed by atoms with Crippen molar-refractivity contribution in [2.45, 2.75) is 11.3 Å². The van der Waals surface area contributed by atoms with Crippen molar-refractivity contribution >= 4 is 15.9 Å². The van der Waals surface area contributed by atoms with E-state index in [1.54, 1.807) is 41.3 Å². The summed E-state index contributed by atoms with van der Waals surface area (Å²) in [5.74, 6) is 0.961. The Balaban J connectivity index is 1.58. The molecule has 2 aromatic rings. The third-order valence-corrected chi connectivity index (χ3v) is 7.07. The Kier molecular flexibility index (Phi) is 7.56. The van der Waals surface area contributed by atoms with Crippen LogP contribution in [0.15, 0.2) is 47.4 Å². The van der Waals surface area contributed by atoms with Gasteiger partial charge in [-0.3, -0.25) is 4.79 Å². The van der Waals surface area contributed by atoms with Gasteiger partial charge in [0, 0.05) is 32.2 Å².